The van der Waals surface area contributed by atoms with E-state index in [1.165, 1.54) is 14.9 Å². The molecule has 0 radical (unpaired) electrons. The Kier molecular flexibility index (Phi) is 3.05. The molecule has 0 amide bonds. The number of halogens is 1. The van der Waals surface area contributed by atoms with Crippen molar-refractivity contribution < 1.29 is 4.79 Å². The van der Waals surface area contributed by atoms with E-state index in [1.54, 1.807) is 17.4 Å². The van der Waals surface area contributed by atoms with Crippen molar-refractivity contribution in [2.24, 2.45) is 7.05 Å². The normalized spacial score (nSPS) is 11.1. The molecule has 19 heavy (non-hydrogen) atoms. The molecule has 0 unspecified atom stereocenters. The van der Waals surface area contributed by atoms with E-state index in [-0.39, 0.29) is 11.1 Å². The number of carbonyl (C=O) groups is 1. The predicted molar refractivity (Wildman–Crippen MR) is 79.7 cm³/mol. The van der Waals surface area contributed by atoms with E-state index in [4.69, 9.17) is 11.6 Å². The highest BCUT2D eigenvalue weighted by atomic mass is 35.5. The minimum absolute atomic E-state index is 0.0857. The summed E-state index contributed by atoms with van der Waals surface area (Å²) in [6.07, 6.45) is 0. The number of benzene rings is 1. The van der Waals surface area contributed by atoms with Crippen LogP contribution in [0.4, 0.5) is 0 Å². The smallest absolute Gasteiger partial charge is 0.264 e. The van der Waals surface area contributed by atoms with E-state index in [2.05, 4.69) is 0 Å². The van der Waals surface area contributed by atoms with Gasteiger partial charge in [-0.15, -0.1) is 0 Å². The van der Waals surface area contributed by atoms with Crippen LogP contribution in [0.3, 0.4) is 0 Å². The van der Waals surface area contributed by atoms with Gasteiger partial charge < -0.3 is 4.57 Å². The van der Waals surface area contributed by atoms with E-state index in [1.807, 2.05) is 30.3 Å². The fraction of sp³-hybridized carbons (Fsp3) is 0.0769. The van der Waals surface area contributed by atoms with Crippen LogP contribution in [-0.2, 0) is 7.05 Å². The summed E-state index contributed by atoms with van der Waals surface area (Å²) in [5.41, 5.74) is 1.58. The Labute approximate surface area is 121 Å². The third-order valence-corrected chi connectivity index (χ3v) is 5.63. The SMILES string of the molecule is Cn1c2c(-c3ccccc3)ssc-2c(C(=O)Cl)c1=O. The van der Waals surface area contributed by atoms with Crippen molar-refractivity contribution in [3.63, 3.8) is 0 Å². The van der Waals surface area contributed by atoms with E-state index in [0.717, 1.165) is 16.1 Å². The van der Waals surface area contributed by atoms with Gasteiger partial charge in [-0.1, -0.05) is 51.0 Å². The molecule has 2 aliphatic heterocycles. The van der Waals surface area contributed by atoms with Gasteiger partial charge in [0.1, 0.15) is 5.56 Å². The Bertz CT molecular complexity index is 785. The quantitative estimate of drug-likeness (QED) is 0.535. The first-order valence-corrected chi connectivity index (χ1v) is 8.01. The highest BCUT2D eigenvalue weighted by Gasteiger charge is 2.28. The Balaban J connectivity index is 2.31. The summed E-state index contributed by atoms with van der Waals surface area (Å²) in [5.74, 6) is 0. The fourth-order valence-electron chi connectivity index (χ4n) is 2.04. The number of carbonyl (C=O) groups excluding carboxylic acids is 1. The van der Waals surface area contributed by atoms with Crippen LogP contribution in [0.2, 0.25) is 0 Å². The van der Waals surface area contributed by atoms with E-state index >= 15 is 0 Å². The van der Waals surface area contributed by atoms with Gasteiger partial charge in [0.2, 0.25) is 0 Å². The van der Waals surface area contributed by atoms with Crippen LogP contribution >= 0.6 is 32.3 Å². The third-order valence-electron chi connectivity index (χ3n) is 2.95. The predicted octanol–water partition coefficient (Wildman–Crippen LogP) is 3.66. The summed E-state index contributed by atoms with van der Waals surface area (Å²) in [4.78, 5) is 25.1. The van der Waals surface area contributed by atoms with Crippen LogP contribution in [0.1, 0.15) is 10.4 Å². The Hall–Kier alpha value is -1.43. The zero-order chi connectivity index (χ0) is 13.6. The van der Waals surface area contributed by atoms with Gasteiger partial charge in [-0.2, -0.15) is 0 Å². The molecule has 1 aromatic carbocycles. The molecule has 0 saturated heterocycles. The molecule has 0 atom stereocenters. The van der Waals surface area contributed by atoms with Gasteiger partial charge in [-0.3, -0.25) is 9.59 Å². The topological polar surface area (TPSA) is 39.1 Å². The molecule has 3 rings (SSSR count). The minimum atomic E-state index is -0.690. The second-order valence-corrected chi connectivity index (χ2v) is 6.55. The van der Waals surface area contributed by atoms with Crippen molar-refractivity contribution in [2.45, 2.75) is 0 Å². The number of rotatable bonds is 2. The van der Waals surface area contributed by atoms with Gasteiger partial charge in [-0.05, 0) is 17.2 Å². The van der Waals surface area contributed by atoms with Crippen LogP contribution in [0.25, 0.3) is 21.0 Å². The maximum absolute atomic E-state index is 12.0. The van der Waals surface area contributed by atoms with Gasteiger partial charge in [0.15, 0.2) is 0 Å². The van der Waals surface area contributed by atoms with E-state index < -0.39 is 5.24 Å². The minimum Gasteiger partial charge on any atom is -0.308 e. The van der Waals surface area contributed by atoms with Crippen molar-refractivity contribution in [2.75, 3.05) is 0 Å². The average molecular weight is 310 g/mol. The lowest BCUT2D eigenvalue weighted by Gasteiger charge is -2.01. The lowest BCUT2D eigenvalue weighted by molar-refractivity contribution is 0.108. The maximum Gasteiger partial charge on any atom is 0.264 e. The van der Waals surface area contributed by atoms with Gasteiger partial charge in [0.25, 0.3) is 10.8 Å². The number of nitrogens with zero attached hydrogens (tertiary/aromatic N) is 1. The van der Waals surface area contributed by atoms with Crippen LogP contribution < -0.4 is 5.56 Å². The number of hydrogen-bond acceptors (Lipinski definition) is 4. The summed E-state index contributed by atoms with van der Waals surface area (Å²) < 4.78 is 1.50. The molecule has 0 N–H and O–H groups in total. The first-order chi connectivity index (χ1) is 9.11. The molecule has 0 spiro atoms. The zero-order valence-corrected chi connectivity index (χ0v) is 12.2. The summed E-state index contributed by atoms with van der Waals surface area (Å²) in [6, 6.07) is 9.80. The van der Waals surface area contributed by atoms with Crippen LogP contribution in [0.5, 0.6) is 0 Å². The third kappa shape index (κ3) is 1.85. The summed E-state index contributed by atoms with van der Waals surface area (Å²) >= 11 is 5.52. The standard InChI is InChI=1S/C13H8ClNO2S2/c1-15-9-10(7-5-3-2-4-6-7)18-19-11(9)8(12(14)16)13(15)17/h2-6H,1H3. The number of hydrogen-bond donors (Lipinski definition) is 0. The maximum atomic E-state index is 12.0. The molecule has 1 aromatic rings. The molecule has 0 fully saturated rings. The average Bonchev–Trinajstić information content (AvgIpc) is 2.92. The highest BCUT2D eigenvalue weighted by molar-refractivity contribution is 7.72. The van der Waals surface area contributed by atoms with Gasteiger partial charge >= 0.3 is 0 Å². The lowest BCUT2D eigenvalue weighted by atomic mass is 10.1. The molecule has 2 heterocycles. The first kappa shape index (κ1) is 12.6. The molecule has 0 aliphatic carbocycles. The van der Waals surface area contributed by atoms with Gasteiger partial charge in [-0.25, -0.2) is 0 Å². The van der Waals surface area contributed by atoms with E-state index in [0.29, 0.717) is 4.88 Å². The van der Waals surface area contributed by atoms with Crippen LogP contribution in [0.15, 0.2) is 35.1 Å². The largest absolute Gasteiger partial charge is 0.308 e. The van der Waals surface area contributed by atoms with E-state index in [9.17, 15) is 9.59 Å². The second-order valence-electron chi connectivity index (χ2n) is 4.05. The molecule has 0 bridgehead atoms. The van der Waals surface area contributed by atoms with Crippen LogP contribution in [-0.4, -0.2) is 9.81 Å². The molecular formula is C13H8ClNO2S2. The van der Waals surface area contributed by atoms with Gasteiger partial charge in [0.05, 0.1) is 15.4 Å². The molecule has 2 aliphatic rings. The summed E-state index contributed by atoms with van der Waals surface area (Å²) in [5, 5.41) is -0.690. The Morgan fingerprint density at radius 3 is 2.42 bits per heavy atom. The monoisotopic (exact) mass is 309 g/mol. The van der Waals surface area contributed by atoms with Crippen LogP contribution in [0, 0.1) is 0 Å². The van der Waals surface area contributed by atoms with Crippen molar-refractivity contribution in [1.29, 1.82) is 0 Å². The molecule has 0 saturated carbocycles. The lowest BCUT2D eigenvalue weighted by Crippen LogP contribution is -2.15. The highest BCUT2D eigenvalue weighted by Crippen LogP contribution is 2.44. The molecule has 0 aromatic heterocycles. The number of fused-ring (bicyclic) bond motifs is 1. The van der Waals surface area contributed by atoms with Crippen molar-refractivity contribution in [3.05, 3.63) is 46.2 Å². The Morgan fingerprint density at radius 1 is 1.16 bits per heavy atom. The second kappa shape index (κ2) is 4.59. The fourth-order valence-corrected chi connectivity index (χ4v) is 5.15. The molecule has 3 nitrogen and oxygen atoms in total. The van der Waals surface area contributed by atoms with Crippen molar-refractivity contribution in [3.8, 4) is 21.0 Å². The molecule has 6 heteroatoms. The first-order valence-electron chi connectivity index (χ1n) is 5.48. The summed E-state index contributed by atoms with van der Waals surface area (Å²) in [7, 11) is 4.63. The molecular weight excluding hydrogens is 302 g/mol. The zero-order valence-electron chi connectivity index (χ0n) is 9.84. The summed E-state index contributed by atoms with van der Waals surface area (Å²) in [6.45, 7) is 0. The van der Waals surface area contributed by atoms with Crippen molar-refractivity contribution >= 4 is 37.5 Å². The van der Waals surface area contributed by atoms with Crippen molar-refractivity contribution in [1.82, 2.24) is 4.57 Å². The number of aromatic nitrogens is 1. The molecule has 96 valence electrons. The Morgan fingerprint density at radius 2 is 1.79 bits per heavy atom. The van der Waals surface area contributed by atoms with Gasteiger partial charge in [0, 0.05) is 7.05 Å².